The molecule has 1 atom stereocenters. The number of aromatic nitrogens is 5. The maximum Gasteiger partial charge on any atom is 0.227 e. The molecule has 1 aliphatic rings. The summed E-state index contributed by atoms with van der Waals surface area (Å²) in [6.45, 7) is 3.44. The van der Waals surface area contributed by atoms with Crippen molar-refractivity contribution in [2.24, 2.45) is 14.1 Å². The van der Waals surface area contributed by atoms with Gasteiger partial charge in [-0.25, -0.2) is 0 Å². The van der Waals surface area contributed by atoms with Crippen LogP contribution >= 0.6 is 11.8 Å². The van der Waals surface area contributed by atoms with E-state index in [4.69, 9.17) is 0 Å². The van der Waals surface area contributed by atoms with Gasteiger partial charge in [0.2, 0.25) is 5.91 Å². The van der Waals surface area contributed by atoms with Crippen molar-refractivity contribution < 1.29 is 4.79 Å². The standard InChI is InChI=1S/C19H22N6OS/c1-13(27-19-22-20-12-23(19)2)15-6-4-5-14(7-15)8-18(26)25-10-16-9-21-24(3)17(16)11-25/h4-7,9,12-13H,8,10-11H2,1-3H3/t13-/m0/s1. The fourth-order valence-corrected chi connectivity index (χ4v) is 4.22. The molecule has 2 aromatic heterocycles. The highest BCUT2D eigenvalue weighted by Gasteiger charge is 2.26. The fraction of sp³-hybridized carbons (Fsp3) is 0.368. The van der Waals surface area contributed by atoms with Crippen LogP contribution in [-0.2, 0) is 38.4 Å². The second-order valence-corrected chi connectivity index (χ2v) is 8.20. The lowest BCUT2D eigenvalue weighted by Crippen LogP contribution is -2.27. The van der Waals surface area contributed by atoms with Gasteiger partial charge >= 0.3 is 0 Å². The minimum absolute atomic E-state index is 0.150. The Morgan fingerprint density at radius 2 is 2.15 bits per heavy atom. The summed E-state index contributed by atoms with van der Waals surface area (Å²) in [6, 6.07) is 8.26. The largest absolute Gasteiger partial charge is 0.332 e. The van der Waals surface area contributed by atoms with E-state index in [2.05, 4.69) is 34.4 Å². The van der Waals surface area contributed by atoms with Crippen molar-refractivity contribution in [2.45, 2.75) is 36.8 Å². The Morgan fingerprint density at radius 3 is 2.89 bits per heavy atom. The summed E-state index contributed by atoms with van der Waals surface area (Å²) in [5.74, 6) is 0.150. The third-order valence-electron chi connectivity index (χ3n) is 4.93. The third kappa shape index (κ3) is 3.62. The number of carbonyl (C=O) groups excluding carboxylic acids is 1. The van der Waals surface area contributed by atoms with Crippen molar-refractivity contribution in [3.8, 4) is 0 Å². The third-order valence-corrected chi connectivity index (χ3v) is 6.14. The van der Waals surface area contributed by atoms with E-state index in [0.29, 0.717) is 19.5 Å². The van der Waals surface area contributed by atoms with E-state index in [9.17, 15) is 4.79 Å². The van der Waals surface area contributed by atoms with Gasteiger partial charge < -0.3 is 9.47 Å². The SMILES string of the molecule is C[C@H](Sc1nncn1C)c1cccc(CC(=O)N2Cc3cnn(C)c3C2)c1. The van der Waals surface area contributed by atoms with Gasteiger partial charge in [-0.1, -0.05) is 36.0 Å². The monoisotopic (exact) mass is 382 g/mol. The highest BCUT2D eigenvalue weighted by molar-refractivity contribution is 7.99. The smallest absolute Gasteiger partial charge is 0.227 e. The first kappa shape index (κ1) is 17.8. The molecule has 0 aliphatic carbocycles. The first-order valence-electron chi connectivity index (χ1n) is 8.88. The molecular weight excluding hydrogens is 360 g/mol. The zero-order valence-electron chi connectivity index (χ0n) is 15.7. The molecule has 0 bridgehead atoms. The van der Waals surface area contributed by atoms with Gasteiger partial charge in [-0.15, -0.1) is 10.2 Å². The van der Waals surface area contributed by atoms with Crippen LogP contribution < -0.4 is 0 Å². The normalized spacial score (nSPS) is 14.4. The predicted octanol–water partition coefficient (Wildman–Crippen LogP) is 2.49. The number of hydrogen-bond donors (Lipinski definition) is 0. The topological polar surface area (TPSA) is 68.8 Å². The Morgan fingerprint density at radius 1 is 1.30 bits per heavy atom. The number of rotatable bonds is 5. The Balaban J connectivity index is 1.42. The number of aryl methyl sites for hydroxylation is 2. The molecule has 3 heterocycles. The molecule has 1 aliphatic heterocycles. The van der Waals surface area contributed by atoms with E-state index in [1.807, 2.05) is 46.6 Å². The van der Waals surface area contributed by atoms with Crippen LogP contribution in [0.1, 0.15) is 34.6 Å². The number of nitrogens with zero attached hydrogens (tertiary/aromatic N) is 6. The zero-order chi connectivity index (χ0) is 19.0. The lowest BCUT2D eigenvalue weighted by molar-refractivity contribution is -0.131. The second-order valence-electron chi connectivity index (χ2n) is 6.90. The van der Waals surface area contributed by atoms with Crippen molar-refractivity contribution >= 4 is 17.7 Å². The minimum Gasteiger partial charge on any atom is -0.332 e. The molecule has 0 spiro atoms. The lowest BCUT2D eigenvalue weighted by atomic mass is 10.1. The number of benzene rings is 1. The second kappa shape index (κ2) is 7.19. The maximum absolute atomic E-state index is 12.7. The van der Waals surface area contributed by atoms with Crippen LogP contribution in [0.4, 0.5) is 0 Å². The summed E-state index contributed by atoms with van der Waals surface area (Å²) in [5, 5.41) is 13.4. The van der Waals surface area contributed by atoms with Gasteiger partial charge in [-0.05, 0) is 18.1 Å². The van der Waals surface area contributed by atoms with E-state index >= 15 is 0 Å². The number of carbonyl (C=O) groups is 1. The van der Waals surface area contributed by atoms with E-state index in [1.54, 1.807) is 18.1 Å². The summed E-state index contributed by atoms with van der Waals surface area (Å²) >= 11 is 1.66. The Bertz CT molecular complexity index is 978. The molecule has 3 aromatic rings. The Hall–Kier alpha value is -2.61. The van der Waals surface area contributed by atoms with Gasteiger partial charge in [-0.3, -0.25) is 9.48 Å². The van der Waals surface area contributed by atoms with Gasteiger partial charge in [0.05, 0.1) is 24.9 Å². The van der Waals surface area contributed by atoms with Crippen LogP contribution in [0.25, 0.3) is 0 Å². The molecule has 4 rings (SSSR count). The van der Waals surface area contributed by atoms with Crippen LogP contribution in [0.5, 0.6) is 0 Å². The quantitative estimate of drug-likeness (QED) is 0.634. The maximum atomic E-state index is 12.7. The average Bonchev–Trinajstić information content (AvgIpc) is 3.34. The molecule has 0 unspecified atom stereocenters. The van der Waals surface area contributed by atoms with Gasteiger partial charge in [0, 0.05) is 31.5 Å². The van der Waals surface area contributed by atoms with Crippen molar-refractivity contribution in [3.63, 3.8) is 0 Å². The van der Waals surface area contributed by atoms with Crippen LogP contribution in [0.2, 0.25) is 0 Å². The number of amides is 1. The molecule has 0 saturated carbocycles. The van der Waals surface area contributed by atoms with Crippen LogP contribution in [-0.4, -0.2) is 35.4 Å². The molecule has 1 amide bonds. The summed E-state index contributed by atoms with van der Waals surface area (Å²) in [4.78, 5) is 14.6. The van der Waals surface area contributed by atoms with Crippen molar-refractivity contribution in [2.75, 3.05) is 0 Å². The summed E-state index contributed by atoms with van der Waals surface area (Å²) in [5.41, 5.74) is 4.50. The molecule has 27 heavy (non-hydrogen) atoms. The summed E-state index contributed by atoms with van der Waals surface area (Å²) in [7, 11) is 3.86. The average molecular weight is 382 g/mol. The summed E-state index contributed by atoms with van der Waals surface area (Å²) in [6.07, 6.45) is 3.97. The van der Waals surface area contributed by atoms with E-state index < -0.39 is 0 Å². The van der Waals surface area contributed by atoms with E-state index in [1.165, 1.54) is 5.56 Å². The Labute approximate surface area is 162 Å². The number of hydrogen-bond acceptors (Lipinski definition) is 5. The molecule has 7 nitrogen and oxygen atoms in total. The van der Waals surface area contributed by atoms with Gasteiger partial charge in [0.25, 0.3) is 0 Å². The van der Waals surface area contributed by atoms with E-state index in [0.717, 1.165) is 22.0 Å². The first-order valence-corrected chi connectivity index (χ1v) is 9.76. The molecular formula is C19H22N6OS. The highest BCUT2D eigenvalue weighted by Crippen LogP contribution is 2.33. The van der Waals surface area contributed by atoms with Crippen LogP contribution in [0.3, 0.4) is 0 Å². The molecule has 0 saturated heterocycles. The Kier molecular flexibility index (Phi) is 4.73. The van der Waals surface area contributed by atoms with Crippen LogP contribution in [0, 0.1) is 0 Å². The number of thioether (sulfide) groups is 1. The van der Waals surface area contributed by atoms with Crippen molar-refractivity contribution in [1.82, 2.24) is 29.4 Å². The van der Waals surface area contributed by atoms with Gasteiger partial charge in [-0.2, -0.15) is 5.10 Å². The minimum atomic E-state index is 0.150. The number of fused-ring (bicyclic) bond motifs is 1. The zero-order valence-corrected chi connectivity index (χ0v) is 16.5. The molecule has 1 aromatic carbocycles. The van der Waals surface area contributed by atoms with Gasteiger partial charge in [0.1, 0.15) is 6.33 Å². The van der Waals surface area contributed by atoms with E-state index in [-0.39, 0.29) is 11.2 Å². The van der Waals surface area contributed by atoms with Crippen molar-refractivity contribution in [1.29, 1.82) is 0 Å². The van der Waals surface area contributed by atoms with Crippen LogP contribution in [0.15, 0.2) is 41.9 Å². The highest BCUT2D eigenvalue weighted by atomic mass is 32.2. The molecule has 0 radical (unpaired) electrons. The first-order chi connectivity index (χ1) is 13.0. The van der Waals surface area contributed by atoms with Gasteiger partial charge in [0.15, 0.2) is 5.16 Å². The summed E-state index contributed by atoms with van der Waals surface area (Å²) < 4.78 is 3.77. The fourth-order valence-electron chi connectivity index (χ4n) is 3.31. The molecule has 140 valence electrons. The molecule has 0 N–H and O–H groups in total. The molecule has 8 heteroatoms. The molecule has 0 fully saturated rings. The lowest BCUT2D eigenvalue weighted by Gasteiger charge is -2.17. The predicted molar refractivity (Wildman–Crippen MR) is 103 cm³/mol. The van der Waals surface area contributed by atoms with Crippen molar-refractivity contribution in [3.05, 3.63) is 59.2 Å².